The molecule has 5 nitrogen and oxygen atoms in total. The first-order valence-electron chi connectivity index (χ1n) is 4.95. The lowest BCUT2D eigenvalue weighted by Gasteiger charge is -2.03. The Bertz CT molecular complexity index is 602. The Labute approximate surface area is 112 Å². The van der Waals surface area contributed by atoms with Crippen LogP contribution in [0, 0.1) is 5.39 Å². The van der Waals surface area contributed by atoms with Crippen LogP contribution in [0.25, 0.3) is 5.08 Å². The number of nitrogens with zero attached hydrogens (tertiary/aromatic N) is 2. The molecule has 2 N–H and O–H groups in total. The van der Waals surface area contributed by atoms with Gasteiger partial charge in [-0.2, -0.15) is 0 Å². The van der Waals surface area contributed by atoms with Gasteiger partial charge in [0, 0.05) is 10.7 Å². The van der Waals surface area contributed by atoms with Crippen LogP contribution in [0.4, 0.5) is 11.4 Å². The number of halogens is 1. The number of nitrogens with one attached hydrogen (secondary N) is 2. The van der Waals surface area contributed by atoms with Crippen molar-refractivity contribution < 1.29 is 4.79 Å². The van der Waals surface area contributed by atoms with Crippen molar-refractivity contribution in [1.82, 2.24) is 0 Å². The zero-order chi connectivity index (χ0) is 13.0. The second-order valence-corrected chi connectivity index (χ2v) is 4.69. The summed E-state index contributed by atoms with van der Waals surface area (Å²) < 4.78 is 0. The van der Waals surface area contributed by atoms with Gasteiger partial charge < -0.3 is 5.32 Å². The molecule has 0 aliphatic rings. The molecule has 0 fully saturated rings. The van der Waals surface area contributed by atoms with Gasteiger partial charge in [-0.15, -0.1) is 11.3 Å². The van der Waals surface area contributed by atoms with E-state index >= 15 is 0 Å². The number of carbonyl (C=O) groups excluding carboxylic acids is 1. The number of diazo groups is 1. The Morgan fingerprint density at radius 2 is 2.00 bits per heavy atom. The van der Waals surface area contributed by atoms with Gasteiger partial charge in [-0.05, 0) is 41.1 Å². The van der Waals surface area contributed by atoms with Gasteiger partial charge in [-0.25, -0.2) is 0 Å². The summed E-state index contributed by atoms with van der Waals surface area (Å²) >= 11 is 7.00. The van der Waals surface area contributed by atoms with Crippen LogP contribution in [0.2, 0.25) is 5.02 Å². The first kappa shape index (κ1) is 12.4. The largest absolute Gasteiger partial charge is 0.321 e. The lowest BCUT2D eigenvalue weighted by atomic mass is 10.3. The minimum absolute atomic E-state index is 0.279. The molecule has 7 heteroatoms. The average molecular weight is 280 g/mol. The molecule has 1 aromatic heterocycles. The number of anilines is 2. The molecular weight excluding hydrogens is 272 g/mol. The third kappa shape index (κ3) is 2.77. The van der Waals surface area contributed by atoms with E-state index in [4.69, 9.17) is 17.0 Å². The van der Waals surface area contributed by atoms with Crippen LogP contribution < -0.4 is 10.7 Å². The highest BCUT2D eigenvalue weighted by molar-refractivity contribution is 7.12. The van der Waals surface area contributed by atoms with Crippen molar-refractivity contribution in [2.75, 3.05) is 10.7 Å². The maximum Gasteiger partial charge on any atom is 0.308 e. The maximum atomic E-state index is 12.0. The molecule has 0 unspecified atom stereocenters. The minimum Gasteiger partial charge on any atom is -0.321 e. The van der Waals surface area contributed by atoms with E-state index in [-0.39, 0.29) is 5.91 Å². The lowest BCUT2D eigenvalue weighted by molar-refractivity contribution is 0.103. The zero-order valence-electron chi connectivity index (χ0n) is 9.05. The van der Waals surface area contributed by atoms with Crippen LogP contribution in [0.3, 0.4) is 0 Å². The fraction of sp³-hybridized carbons (Fsp3) is 0. The molecule has 18 heavy (non-hydrogen) atoms. The summed E-state index contributed by atoms with van der Waals surface area (Å²) in [7, 11) is 0. The van der Waals surface area contributed by atoms with Gasteiger partial charge in [0.2, 0.25) is 0 Å². The van der Waals surface area contributed by atoms with E-state index in [1.54, 1.807) is 35.7 Å². The van der Waals surface area contributed by atoms with Gasteiger partial charge in [0.05, 0.1) is 0 Å². The number of hydrogen-bond donors (Lipinski definition) is 2. The molecule has 0 aliphatic carbocycles. The van der Waals surface area contributed by atoms with Crippen LogP contribution in [0.1, 0.15) is 9.67 Å². The molecule has 1 heterocycles. The van der Waals surface area contributed by atoms with Crippen molar-refractivity contribution in [2.45, 2.75) is 0 Å². The van der Waals surface area contributed by atoms with E-state index in [9.17, 15) is 4.79 Å². The standard InChI is InChI=1S/C11H7ClN4OS/c12-7-1-3-8(4-2-7)14-11(17)10-9(15-16-13)5-6-18-10/h1-6H,(H-,14,15,17)/p+1. The minimum atomic E-state index is -0.279. The van der Waals surface area contributed by atoms with E-state index < -0.39 is 0 Å². The van der Waals surface area contributed by atoms with E-state index in [1.165, 1.54) is 11.3 Å². The Morgan fingerprint density at radius 3 is 2.67 bits per heavy atom. The highest BCUT2D eigenvalue weighted by Crippen LogP contribution is 2.24. The van der Waals surface area contributed by atoms with Crippen molar-refractivity contribution in [2.24, 2.45) is 0 Å². The van der Waals surface area contributed by atoms with Gasteiger partial charge in [0.25, 0.3) is 11.3 Å². The van der Waals surface area contributed by atoms with Crippen molar-refractivity contribution in [3.8, 4) is 0 Å². The summed E-state index contributed by atoms with van der Waals surface area (Å²) in [5.74, 6) is -0.279. The monoisotopic (exact) mass is 279 g/mol. The zero-order valence-corrected chi connectivity index (χ0v) is 10.6. The Balaban J connectivity index is 2.14. The van der Waals surface area contributed by atoms with Crippen molar-refractivity contribution in [3.05, 3.63) is 50.7 Å². The number of carbonyl (C=O) groups is 1. The molecule has 0 spiro atoms. The van der Waals surface area contributed by atoms with Crippen molar-refractivity contribution in [1.29, 1.82) is 5.39 Å². The van der Waals surface area contributed by atoms with E-state index in [2.05, 4.69) is 15.8 Å². The summed E-state index contributed by atoms with van der Waals surface area (Å²) in [5, 5.41) is 16.3. The van der Waals surface area contributed by atoms with Gasteiger partial charge in [-0.1, -0.05) is 11.6 Å². The van der Waals surface area contributed by atoms with Crippen LogP contribution in [0.5, 0.6) is 0 Å². The topological polar surface area (TPSA) is 69.3 Å². The predicted molar refractivity (Wildman–Crippen MR) is 72.4 cm³/mol. The maximum absolute atomic E-state index is 12.0. The summed E-state index contributed by atoms with van der Waals surface area (Å²) in [4.78, 5) is 12.4. The third-order valence-electron chi connectivity index (χ3n) is 2.14. The van der Waals surface area contributed by atoms with Gasteiger partial charge in [0.1, 0.15) is 10.6 Å². The summed E-state index contributed by atoms with van der Waals surface area (Å²) in [6.07, 6.45) is 0. The SMILES string of the molecule is N#[N+]Nc1ccsc1C(=O)Nc1ccc(Cl)cc1. The molecule has 2 aromatic rings. The Kier molecular flexibility index (Phi) is 3.77. The van der Waals surface area contributed by atoms with Crippen LogP contribution >= 0.6 is 22.9 Å². The van der Waals surface area contributed by atoms with Gasteiger partial charge in [0.15, 0.2) is 0 Å². The number of hydrogen-bond acceptors (Lipinski definition) is 4. The quantitative estimate of drug-likeness (QED) is 0.662. The number of benzene rings is 1. The molecular formula is C11H8ClN4OS+. The second-order valence-electron chi connectivity index (χ2n) is 3.34. The van der Waals surface area contributed by atoms with E-state index in [0.717, 1.165) is 0 Å². The molecule has 2 rings (SSSR count). The number of amides is 1. The molecule has 90 valence electrons. The van der Waals surface area contributed by atoms with Gasteiger partial charge >= 0.3 is 5.08 Å². The lowest BCUT2D eigenvalue weighted by Crippen LogP contribution is -2.11. The molecule has 0 atom stereocenters. The first-order chi connectivity index (χ1) is 8.70. The summed E-state index contributed by atoms with van der Waals surface area (Å²) in [5.41, 5.74) is 3.44. The van der Waals surface area contributed by atoms with Crippen molar-refractivity contribution >= 4 is 40.2 Å². The average Bonchev–Trinajstić information content (AvgIpc) is 2.81. The Morgan fingerprint density at radius 1 is 1.28 bits per heavy atom. The molecule has 0 bridgehead atoms. The first-order valence-corrected chi connectivity index (χ1v) is 6.21. The molecule has 1 amide bonds. The predicted octanol–water partition coefficient (Wildman–Crippen LogP) is 3.83. The van der Waals surface area contributed by atoms with E-state index in [0.29, 0.717) is 21.3 Å². The van der Waals surface area contributed by atoms with Gasteiger partial charge in [-0.3, -0.25) is 4.79 Å². The third-order valence-corrected chi connectivity index (χ3v) is 3.31. The number of thiophene rings is 1. The molecule has 1 aromatic carbocycles. The van der Waals surface area contributed by atoms with E-state index in [1.807, 2.05) is 0 Å². The van der Waals surface area contributed by atoms with Crippen LogP contribution in [0.15, 0.2) is 35.7 Å². The summed E-state index contributed by atoms with van der Waals surface area (Å²) in [6.45, 7) is 0. The molecule has 0 saturated heterocycles. The smallest absolute Gasteiger partial charge is 0.308 e. The van der Waals surface area contributed by atoms with Crippen LogP contribution in [-0.2, 0) is 0 Å². The second kappa shape index (κ2) is 5.49. The fourth-order valence-electron chi connectivity index (χ4n) is 1.35. The normalized spacial score (nSPS) is 9.56. The molecule has 0 radical (unpaired) electrons. The highest BCUT2D eigenvalue weighted by Gasteiger charge is 2.16. The summed E-state index contributed by atoms with van der Waals surface area (Å²) in [6, 6.07) is 8.44. The van der Waals surface area contributed by atoms with Crippen LogP contribution in [-0.4, -0.2) is 5.91 Å². The highest BCUT2D eigenvalue weighted by atomic mass is 35.5. The molecule has 0 saturated carbocycles. The number of rotatable bonds is 3. The van der Waals surface area contributed by atoms with Crippen molar-refractivity contribution in [3.63, 3.8) is 0 Å². The fourth-order valence-corrected chi connectivity index (χ4v) is 2.21. The molecule has 0 aliphatic heterocycles. The Hall–Kier alpha value is -2.10.